The average Bonchev–Trinajstić information content (AvgIpc) is 3.02. The van der Waals surface area contributed by atoms with Crippen LogP contribution in [0.2, 0.25) is 5.02 Å². The minimum absolute atomic E-state index is 0.154. The van der Waals surface area contributed by atoms with E-state index in [4.69, 9.17) is 22.1 Å². The van der Waals surface area contributed by atoms with Crippen LogP contribution in [0.5, 0.6) is 5.75 Å². The van der Waals surface area contributed by atoms with Crippen molar-refractivity contribution in [2.24, 2.45) is 11.7 Å². The van der Waals surface area contributed by atoms with Crippen LogP contribution in [0.15, 0.2) is 12.1 Å². The fourth-order valence-corrected chi connectivity index (χ4v) is 2.18. The highest BCUT2D eigenvalue weighted by Gasteiger charge is 2.39. The highest BCUT2D eigenvalue weighted by molar-refractivity contribution is 6.30. The topological polar surface area (TPSA) is 35.2 Å². The Bertz CT molecular complexity index is 397. The molecule has 0 aromatic heterocycles. The molecule has 16 heavy (non-hydrogen) atoms. The third-order valence-corrected chi connectivity index (χ3v) is 3.27. The molecule has 4 heteroatoms. The molecule has 1 saturated carbocycles. The summed E-state index contributed by atoms with van der Waals surface area (Å²) in [6.07, 6.45) is 1.04. The lowest BCUT2D eigenvalue weighted by atomic mass is 10.1. The summed E-state index contributed by atoms with van der Waals surface area (Å²) < 4.78 is 18.7. The Morgan fingerprint density at radius 3 is 2.88 bits per heavy atom. The molecule has 2 atom stereocenters. The fourth-order valence-electron chi connectivity index (χ4n) is 2.00. The maximum absolute atomic E-state index is 13.3. The monoisotopic (exact) mass is 243 g/mol. The van der Waals surface area contributed by atoms with Gasteiger partial charge in [-0.15, -0.1) is 0 Å². The molecule has 0 bridgehead atoms. The van der Waals surface area contributed by atoms with Crippen LogP contribution in [0.4, 0.5) is 4.39 Å². The standard InChI is InChI=1S/C12H15ClFNO/c1-2-16-12-5-11(14)10(13)4-9(12)8-3-7(8)6-15/h4-5,7-8H,2-3,6,15H2,1H3/t7-,8+/m1/s1. The zero-order valence-corrected chi connectivity index (χ0v) is 9.93. The molecular formula is C12H15ClFNO. The van der Waals surface area contributed by atoms with Gasteiger partial charge in [0.15, 0.2) is 0 Å². The molecule has 1 aliphatic carbocycles. The number of ether oxygens (including phenoxy) is 1. The molecule has 2 rings (SSSR count). The van der Waals surface area contributed by atoms with Crippen LogP contribution in [-0.4, -0.2) is 13.2 Å². The summed E-state index contributed by atoms with van der Waals surface area (Å²) in [6, 6.07) is 3.04. The highest BCUT2D eigenvalue weighted by Crippen LogP contribution is 2.50. The van der Waals surface area contributed by atoms with Crippen molar-refractivity contribution in [1.29, 1.82) is 0 Å². The summed E-state index contributed by atoms with van der Waals surface area (Å²) in [5.41, 5.74) is 6.60. The lowest BCUT2D eigenvalue weighted by Gasteiger charge is -2.11. The van der Waals surface area contributed by atoms with E-state index >= 15 is 0 Å². The first kappa shape index (κ1) is 11.7. The van der Waals surface area contributed by atoms with Gasteiger partial charge in [-0.3, -0.25) is 0 Å². The molecule has 0 amide bonds. The summed E-state index contributed by atoms with van der Waals surface area (Å²) in [5.74, 6) is 1.04. The van der Waals surface area contributed by atoms with E-state index in [0.29, 0.717) is 30.7 Å². The van der Waals surface area contributed by atoms with Crippen molar-refractivity contribution in [3.05, 3.63) is 28.5 Å². The van der Waals surface area contributed by atoms with Crippen LogP contribution in [0.3, 0.4) is 0 Å². The van der Waals surface area contributed by atoms with Gasteiger partial charge in [-0.2, -0.15) is 0 Å². The second-order valence-corrected chi connectivity index (χ2v) is 4.48. The molecule has 2 N–H and O–H groups in total. The van der Waals surface area contributed by atoms with Crippen molar-refractivity contribution in [3.8, 4) is 5.75 Å². The molecule has 1 aromatic rings. The van der Waals surface area contributed by atoms with Crippen molar-refractivity contribution >= 4 is 11.6 Å². The fraction of sp³-hybridized carbons (Fsp3) is 0.500. The van der Waals surface area contributed by atoms with Gasteiger partial charge in [-0.1, -0.05) is 11.6 Å². The van der Waals surface area contributed by atoms with Gasteiger partial charge in [0.05, 0.1) is 11.6 Å². The minimum Gasteiger partial charge on any atom is -0.493 e. The van der Waals surface area contributed by atoms with Gasteiger partial charge in [0, 0.05) is 6.07 Å². The predicted molar refractivity (Wildman–Crippen MR) is 62.5 cm³/mol. The van der Waals surface area contributed by atoms with Gasteiger partial charge in [-0.05, 0) is 43.4 Å². The molecule has 0 aliphatic heterocycles. The van der Waals surface area contributed by atoms with Gasteiger partial charge in [-0.25, -0.2) is 4.39 Å². The molecule has 0 radical (unpaired) electrons. The highest BCUT2D eigenvalue weighted by atomic mass is 35.5. The van der Waals surface area contributed by atoms with Gasteiger partial charge in [0.2, 0.25) is 0 Å². The van der Waals surface area contributed by atoms with Gasteiger partial charge >= 0.3 is 0 Å². The van der Waals surface area contributed by atoms with Crippen LogP contribution in [0.25, 0.3) is 0 Å². The van der Waals surface area contributed by atoms with Crippen LogP contribution in [0.1, 0.15) is 24.8 Å². The summed E-state index contributed by atoms with van der Waals surface area (Å²) >= 11 is 5.79. The van der Waals surface area contributed by atoms with Crippen LogP contribution < -0.4 is 10.5 Å². The van der Waals surface area contributed by atoms with Crippen molar-refractivity contribution in [2.75, 3.05) is 13.2 Å². The Morgan fingerprint density at radius 1 is 1.56 bits per heavy atom. The normalized spacial score (nSPS) is 23.2. The Kier molecular flexibility index (Phi) is 3.36. The number of hydrogen-bond donors (Lipinski definition) is 1. The molecule has 0 unspecified atom stereocenters. The molecule has 2 nitrogen and oxygen atoms in total. The van der Waals surface area contributed by atoms with Crippen LogP contribution in [0, 0.1) is 11.7 Å². The maximum Gasteiger partial charge on any atom is 0.145 e. The van der Waals surface area contributed by atoms with E-state index < -0.39 is 5.82 Å². The Morgan fingerprint density at radius 2 is 2.31 bits per heavy atom. The van der Waals surface area contributed by atoms with E-state index in [9.17, 15) is 4.39 Å². The number of hydrogen-bond acceptors (Lipinski definition) is 2. The first-order valence-electron chi connectivity index (χ1n) is 5.49. The molecule has 88 valence electrons. The summed E-state index contributed by atoms with van der Waals surface area (Å²) in [4.78, 5) is 0. The van der Waals surface area contributed by atoms with E-state index in [1.54, 1.807) is 6.07 Å². The van der Waals surface area contributed by atoms with Crippen LogP contribution in [-0.2, 0) is 0 Å². The van der Waals surface area contributed by atoms with Gasteiger partial charge in [0.25, 0.3) is 0 Å². The number of nitrogens with two attached hydrogens (primary N) is 1. The third kappa shape index (κ3) is 2.15. The molecule has 1 aliphatic rings. The molecule has 0 heterocycles. The smallest absolute Gasteiger partial charge is 0.145 e. The zero-order valence-electron chi connectivity index (χ0n) is 9.17. The molecule has 1 aromatic carbocycles. The minimum atomic E-state index is -0.432. The van der Waals surface area contributed by atoms with Gasteiger partial charge in [0.1, 0.15) is 11.6 Å². The van der Waals surface area contributed by atoms with E-state index in [1.165, 1.54) is 6.07 Å². The summed E-state index contributed by atoms with van der Waals surface area (Å²) in [5, 5.41) is 0.154. The van der Waals surface area contributed by atoms with E-state index in [0.717, 1.165) is 12.0 Å². The second kappa shape index (κ2) is 4.60. The number of rotatable bonds is 4. The first-order valence-corrected chi connectivity index (χ1v) is 5.87. The summed E-state index contributed by atoms with van der Waals surface area (Å²) in [6.45, 7) is 3.06. The Hall–Kier alpha value is -0.800. The molecule has 0 saturated heterocycles. The lowest BCUT2D eigenvalue weighted by molar-refractivity contribution is 0.334. The molecular weight excluding hydrogens is 229 g/mol. The van der Waals surface area contributed by atoms with Crippen molar-refractivity contribution < 1.29 is 9.13 Å². The lowest BCUT2D eigenvalue weighted by Crippen LogP contribution is -2.03. The zero-order chi connectivity index (χ0) is 11.7. The van der Waals surface area contributed by atoms with Crippen molar-refractivity contribution in [1.82, 2.24) is 0 Å². The van der Waals surface area contributed by atoms with E-state index in [1.807, 2.05) is 6.92 Å². The quantitative estimate of drug-likeness (QED) is 0.883. The predicted octanol–water partition coefficient (Wildman–Crippen LogP) is 2.94. The first-order chi connectivity index (χ1) is 7.67. The van der Waals surface area contributed by atoms with Crippen molar-refractivity contribution in [3.63, 3.8) is 0 Å². The van der Waals surface area contributed by atoms with Gasteiger partial charge < -0.3 is 10.5 Å². The van der Waals surface area contributed by atoms with Crippen molar-refractivity contribution in [2.45, 2.75) is 19.3 Å². The van der Waals surface area contributed by atoms with E-state index in [2.05, 4.69) is 0 Å². The van der Waals surface area contributed by atoms with Crippen LogP contribution >= 0.6 is 11.6 Å². The Labute approximate surface area is 99.5 Å². The second-order valence-electron chi connectivity index (χ2n) is 4.08. The molecule has 1 fully saturated rings. The SMILES string of the molecule is CCOc1cc(F)c(Cl)cc1[C@H]1C[C@@H]1CN. The third-order valence-electron chi connectivity index (χ3n) is 2.98. The average molecular weight is 244 g/mol. The number of benzene rings is 1. The largest absolute Gasteiger partial charge is 0.493 e. The Balaban J connectivity index is 2.31. The number of halogens is 2. The summed E-state index contributed by atoms with van der Waals surface area (Å²) in [7, 11) is 0. The maximum atomic E-state index is 13.3. The van der Waals surface area contributed by atoms with E-state index in [-0.39, 0.29) is 5.02 Å². The molecule has 0 spiro atoms.